The van der Waals surface area contributed by atoms with Crippen LogP contribution in [-0.4, -0.2) is 5.11 Å². The van der Waals surface area contributed by atoms with Gasteiger partial charge < -0.3 is 5.11 Å². The number of aromatic hydroxyl groups is 1. The third-order valence-corrected chi connectivity index (χ3v) is 2.46. The Hall–Kier alpha value is -0.250. The highest BCUT2D eigenvalue weighted by molar-refractivity contribution is 14.1. The van der Waals surface area contributed by atoms with Crippen LogP contribution in [-0.2, 0) is 6.42 Å². The fraction of sp³-hybridized carbons (Fsp3) is 0.333. The van der Waals surface area contributed by atoms with Crippen molar-refractivity contribution < 1.29 is 5.11 Å². The van der Waals surface area contributed by atoms with E-state index in [1.54, 1.807) is 0 Å². The predicted octanol–water partition coefficient (Wildman–Crippen LogP) is 2.95. The number of hydrogen-bond donors (Lipinski definition) is 1. The molecule has 1 nitrogen and oxygen atoms in total. The zero-order valence-electron chi connectivity index (χ0n) is 6.47. The van der Waals surface area contributed by atoms with E-state index in [2.05, 4.69) is 35.6 Å². The fourth-order valence-corrected chi connectivity index (χ4v) is 1.34. The average molecular weight is 262 g/mol. The highest BCUT2D eigenvalue weighted by Gasteiger charge is 1.97. The maximum Gasteiger partial charge on any atom is 0.129 e. The minimum atomic E-state index is 0.400. The van der Waals surface area contributed by atoms with E-state index in [4.69, 9.17) is 0 Å². The summed E-state index contributed by atoms with van der Waals surface area (Å²) in [5, 5.41) is 9.32. The number of phenolic OH excluding ortho intramolecular Hbond substituents is 1. The molecule has 0 atom stereocenters. The first-order valence-electron chi connectivity index (χ1n) is 3.71. The van der Waals surface area contributed by atoms with Crippen molar-refractivity contribution in [1.29, 1.82) is 0 Å². The molecule has 0 saturated heterocycles. The van der Waals surface area contributed by atoms with Crippen molar-refractivity contribution in [3.8, 4) is 5.75 Å². The van der Waals surface area contributed by atoms with Gasteiger partial charge in [0.1, 0.15) is 5.75 Å². The largest absolute Gasteiger partial charge is 0.507 e. The molecule has 0 amide bonds. The van der Waals surface area contributed by atoms with E-state index in [9.17, 15) is 5.11 Å². The number of rotatable bonds is 2. The van der Waals surface area contributed by atoms with Crippen molar-refractivity contribution in [2.24, 2.45) is 0 Å². The molecule has 0 unspecified atom stereocenters. The molecule has 0 aliphatic rings. The van der Waals surface area contributed by atoms with Crippen molar-refractivity contribution >= 4 is 22.6 Å². The summed E-state index contributed by atoms with van der Waals surface area (Å²) in [6.45, 7) is 2.13. The second-order valence-electron chi connectivity index (χ2n) is 2.54. The number of aryl methyl sites for hydroxylation is 1. The van der Waals surface area contributed by atoms with Crippen molar-refractivity contribution in [2.75, 3.05) is 0 Å². The lowest BCUT2D eigenvalue weighted by Crippen LogP contribution is -1.83. The quantitative estimate of drug-likeness (QED) is 0.812. The molecule has 11 heavy (non-hydrogen) atoms. The first-order chi connectivity index (χ1) is 5.24. The molecule has 0 heterocycles. The molecule has 2 heteroatoms. The first-order valence-corrected chi connectivity index (χ1v) is 4.79. The third kappa shape index (κ3) is 2.36. The van der Waals surface area contributed by atoms with Crippen molar-refractivity contribution in [3.63, 3.8) is 0 Å². The van der Waals surface area contributed by atoms with Crippen LogP contribution in [0.15, 0.2) is 18.2 Å². The summed E-state index contributed by atoms with van der Waals surface area (Å²) in [7, 11) is 0. The second-order valence-corrected chi connectivity index (χ2v) is 3.70. The minimum absolute atomic E-state index is 0.400. The van der Waals surface area contributed by atoms with Gasteiger partial charge in [0.25, 0.3) is 0 Å². The van der Waals surface area contributed by atoms with Gasteiger partial charge in [-0.1, -0.05) is 19.4 Å². The maximum absolute atomic E-state index is 9.32. The van der Waals surface area contributed by atoms with Gasteiger partial charge in [0.05, 0.1) is 3.57 Å². The topological polar surface area (TPSA) is 20.2 Å². The SMILES string of the molecule is CCCc1ccc(I)c(O)c1. The van der Waals surface area contributed by atoms with Gasteiger partial charge in [-0.2, -0.15) is 0 Å². The zero-order chi connectivity index (χ0) is 8.27. The smallest absolute Gasteiger partial charge is 0.129 e. The molecule has 0 aromatic heterocycles. The van der Waals surface area contributed by atoms with Crippen LogP contribution in [0, 0.1) is 3.57 Å². The number of phenols is 1. The maximum atomic E-state index is 9.32. The second kappa shape index (κ2) is 3.95. The number of halogens is 1. The normalized spacial score (nSPS) is 10.0. The van der Waals surface area contributed by atoms with E-state index >= 15 is 0 Å². The van der Waals surface area contributed by atoms with Crippen molar-refractivity contribution in [2.45, 2.75) is 19.8 Å². The zero-order valence-corrected chi connectivity index (χ0v) is 8.63. The summed E-state index contributed by atoms with van der Waals surface area (Å²) in [6.07, 6.45) is 2.17. The van der Waals surface area contributed by atoms with Crippen molar-refractivity contribution in [3.05, 3.63) is 27.3 Å². The summed E-state index contributed by atoms with van der Waals surface area (Å²) in [5.41, 5.74) is 1.21. The summed E-state index contributed by atoms with van der Waals surface area (Å²) in [5.74, 6) is 0.400. The van der Waals surface area contributed by atoms with Crippen LogP contribution in [0.5, 0.6) is 5.75 Å². The predicted molar refractivity (Wildman–Crippen MR) is 54.8 cm³/mol. The summed E-state index contributed by atoms with van der Waals surface area (Å²) >= 11 is 2.12. The van der Waals surface area contributed by atoms with Crippen LogP contribution >= 0.6 is 22.6 Å². The average Bonchev–Trinajstić information content (AvgIpc) is 1.98. The summed E-state index contributed by atoms with van der Waals surface area (Å²) < 4.78 is 0.919. The van der Waals surface area contributed by atoms with E-state index in [-0.39, 0.29) is 0 Å². The molecular formula is C9H11IO. The lowest BCUT2D eigenvalue weighted by molar-refractivity contribution is 0.470. The molecule has 0 fully saturated rings. The van der Waals surface area contributed by atoms with Gasteiger partial charge in [0, 0.05) is 0 Å². The van der Waals surface area contributed by atoms with Crippen LogP contribution in [0.25, 0.3) is 0 Å². The summed E-state index contributed by atoms with van der Waals surface area (Å²) in [6, 6.07) is 5.84. The Balaban J connectivity index is 2.86. The standard InChI is InChI=1S/C9H11IO/c1-2-3-7-4-5-8(10)9(11)6-7/h4-6,11H,2-3H2,1H3. The molecule has 0 bridgehead atoms. The first kappa shape index (κ1) is 8.84. The van der Waals surface area contributed by atoms with E-state index in [1.165, 1.54) is 5.56 Å². The molecule has 0 saturated carbocycles. The highest BCUT2D eigenvalue weighted by atomic mass is 127. The van der Waals surface area contributed by atoms with Gasteiger partial charge in [0.15, 0.2) is 0 Å². The number of hydrogen-bond acceptors (Lipinski definition) is 1. The Morgan fingerprint density at radius 1 is 1.45 bits per heavy atom. The number of benzene rings is 1. The summed E-state index contributed by atoms with van der Waals surface area (Å²) in [4.78, 5) is 0. The Morgan fingerprint density at radius 2 is 2.18 bits per heavy atom. The molecule has 0 aliphatic carbocycles. The van der Waals surface area contributed by atoms with Gasteiger partial charge >= 0.3 is 0 Å². The molecule has 1 N–H and O–H groups in total. The lowest BCUT2D eigenvalue weighted by atomic mass is 10.1. The van der Waals surface area contributed by atoms with Crippen LogP contribution in [0.1, 0.15) is 18.9 Å². The van der Waals surface area contributed by atoms with E-state index in [0.717, 1.165) is 16.4 Å². The van der Waals surface area contributed by atoms with Crippen molar-refractivity contribution in [1.82, 2.24) is 0 Å². The van der Waals surface area contributed by atoms with Gasteiger partial charge in [-0.05, 0) is 46.7 Å². The fourth-order valence-electron chi connectivity index (χ4n) is 1.00. The molecule has 60 valence electrons. The Kier molecular flexibility index (Phi) is 3.17. The Morgan fingerprint density at radius 3 is 2.73 bits per heavy atom. The van der Waals surface area contributed by atoms with Crippen LogP contribution < -0.4 is 0 Å². The molecule has 0 spiro atoms. The van der Waals surface area contributed by atoms with E-state index < -0.39 is 0 Å². The molecule has 1 aromatic carbocycles. The molecule has 1 aromatic rings. The Labute approximate surface area is 80.6 Å². The van der Waals surface area contributed by atoms with Gasteiger partial charge in [-0.3, -0.25) is 0 Å². The lowest BCUT2D eigenvalue weighted by Gasteiger charge is -2.00. The third-order valence-electron chi connectivity index (χ3n) is 1.55. The van der Waals surface area contributed by atoms with Crippen LogP contribution in [0.2, 0.25) is 0 Å². The Bertz CT molecular complexity index is 245. The molecule has 1 rings (SSSR count). The molecule has 0 radical (unpaired) electrons. The van der Waals surface area contributed by atoms with Gasteiger partial charge in [-0.15, -0.1) is 0 Å². The molecule has 0 aliphatic heterocycles. The van der Waals surface area contributed by atoms with Gasteiger partial charge in [-0.25, -0.2) is 0 Å². The van der Waals surface area contributed by atoms with E-state index in [1.807, 2.05) is 12.1 Å². The monoisotopic (exact) mass is 262 g/mol. The van der Waals surface area contributed by atoms with Crippen LogP contribution in [0.3, 0.4) is 0 Å². The van der Waals surface area contributed by atoms with Gasteiger partial charge in [0.2, 0.25) is 0 Å². The minimum Gasteiger partial charge on any atom is -0.507 e. The highest BCUT2D eigenvalue weighted by Crippen LogP contribution is 2.20. The molecular weight excluding hydrogens is 251 g/mol. The van der Waals surface area contributed by atoms with E-state index in [0.29, 0.717) is 5.75 Å². The van der Waals surface area contributed by atoms with Crippen LogP contribution in [0.4, 0.5) is 0 Å².